The van der Waals surface area contributed by atoms with E-state index in [2.05, 4.69) is 79.4 Å². The first kappa shape index (κ1) is 17.3. The summed E-state index contributed by atoms with van der Waals surface area (Å²) in [5, 5.41) is 0. The molecule has 2 heterocycles. The molecule has 0 aliphatic carbocycles. The zero-order chi connectivity index (χ0) is 18.1. The first-order chi connectivity index (χ1) is 12.6. The topological polar surface area (TPSA) is 33.8 Å². The molecule has 2 aliphatic heterocycles. The maximum atomic E-state index is 6.01. The van der Waals surface area contributed by atoms with Crippen LogP contribution < -0.4 is 0 Å². The Morgan fingerprint density at radius 1 is 1.08 bits per heavy atom. The van der Waals surface area contributed by atoms with E-state index in [4.69, 9.17) is 14.5 Å². The van der Waals surface area contributed by atoms with E-state index < -0.39 is 0 Å². The van der Waals surface area contributed by atoms with Crippen molar-refractivity contribution in [3.8, 4) is 0 Å². The van der Waals surface area contributed by atoms with Crippen LogP contribution >= 0.6 is 0 Å². The van der Waals surface area contributed by atoms with Gasteiger partial charge < -0.3 is 9.47 Å². The van der Waals surface area contributed by atoms with Crippen molar-refractivity contribution in [3.05, 3.63) is 71.8 Å². The second-order valence-electron chi connectivity index (χ2n) is 7.68. The van der Waals surface area contributed by atoms with Gasteiger partial charge in [-0.1, -0.05) is 60.7 Å². The SMILES string of the molecule is COC[C@@H](c1ccccc1)N1[C@H](C2=NC(C)(C)CO2)[C@@H]1c1ccccc1. The van der Waals surface area contributed by atoms with Gasteiger partial charge in [0.1, 0.15) is 12.6 Å². The number of aliphatic imine (C=N–C) groups is 1. The molecule has 26 heavy (non-hydrogen) atoms. The minimum absolute atomic E-state index is 0.145. The summed E-state index contributed by atoms with van der Waals surface area (Å²) in [4.78, 5) is 7.32. The molecule has 0 saturated carbocycles. The minimum Gasteiger partial charge on any atom is -0.477 e. The molecule has 1 fully saturated rings. The van der Waals surface area contributed by atoms with Crippen LogP contribution in [0.4, 0.5) is 0 Å². The molecule has 0 radical (unpaired) electrons. The summed E-state index contributed by atoms with van der Waals surface area (Å²) < 4.78 is 11.6. The number of benzene rings is 2. The van der Waals surface area contributed by atoms with Gasteiger partial charge in [-0.2, -0.15) is 0 Å². The minimum atomic E-state index is -0.145. The van der Waals surface area contributed by atoms with Gasteiger partial charge in [0.25, 0.3) is 0 Å². The number of rotatable bonds is 6. The standard InChI is InChI=1S/C22H26N2O2/c1-22(2)15-26-21(23-22)20-19(17-12-8-5-9-13-17)24(20)18(14-25-3)16-10-6-4-7-11-16/h4-13,18-20H,14-15H2,1-3H3/t18-,19-,20-,24?/m0/s1. The third-order valence-corrected chi connectivity index (χ3v) is 5.10. The lowest BCUT2D eigenvalue weighted by molar-refractivity contribution is 0.136. The van der Waals surface area contributed by atoms with Crippen molar-refractivity contribution < 1.29 is 9.47 Å². The molecule has 136 valence electrons. The summed E-state index contributed by atoms with van der Waals surface area (Å²) in [5.74, 6) is 0.862. The molecule has 0 bridgehead atoms. The first-order valence-electron chi connectivity index (χ1n) is 9.19. The van der Waals surface area contributed by atoms with E-state index in [-0.39, 0.29) is 23.7 Å². The first-order valence-corrected chi connectivity index (χ1v) is 9.19. The van der Waals surface area contributed by atoms with Crippen molar-refractivity contribution in [2.75, 3.05) is 20.3 Å². The Kier molecular flexibility index (Phi) is 4.55. The van der Waals surface area contributed by atoms with Gasteiger partial charge in [0, 0.05) is 7.11 Å². The lowest BCUT2D eigenvalue weighted by Crippen LogP contribution is -2.21. The summed E-state index contributed by atoms with van der Waals surface area (Å²) >= 11 is 0. The molecule has 4 atom stereocenters. The summed E-state index contributed by atoms with van der Waals surface area (Å²) in [6.07, 6.45) is 0. The molecule has 0 amide bonds. The van der Waals surface area contributed by atoms with Gasteiger partial charge in [0.15, 0.2) is 0 Å². The van der Waals surface area contributed by atoms with E-state index in [9.17, 15) is 0 Å². The Hall–Kier alpha value is -2.17. The molecular formula is C22H26N2O2. The number of ether oxygens (including phenoxy) is 2. The summed E-state index contributed by atoms with van der Waals surface area (Å²) in [6, 6.07) is 21.8. The number of methoxy groups -OCH3 is 1. The van der Waals surface area contributed by atoms with Gasteiger partial charge in [0.2, 0.25) is 5.90 Å². The van der Waals surface area contributed by atoms with Crippen LogP contribution in [0.5, 0.6) is 0 Å². The van der Waals surface area contributed by atoms with Crippen LogP contribution in [0.1, 0.15) is 37.1 Å². The monoisotopic (exact) mass is 350 g/mol. The van der Waals surface area contributed by atoms with E-state index in [0.717, 1.165) is 5.90 Å². The van der Waals surface area contributed by atoms with Crippen LogP contribution in [0.15, 0.2) is 65.7 Å². The lowest BCUT2D eigenvalue weighted by atomic mass is 10.1. The predicted molar refractivity (Wildman–Crippen MR) is 103 cm³/mol. The highest BCUT2D eigenvalue weighted by Crippen LogP contribution is 2.51. The average molecular weight is 350 g/mol. The molecule has 1 saturated heterocycles. The Labute approximate surface area is 155 Å². The van der Waals surface area contributed by atoms with Crippen molar-refractivity contribution in [3.63, 3.8) is 0 Å². The zero-order valence-electron chi connectivity index (χ0n) is 15.6. The third-order valence-electron chi connectivity index (χ3n) is 5.10. The Balaban J connectivity index is 1.69. The van der Waals surface area contributed by atoms with Crippen LogP contribution in [-0.4, -0.2) is 42.7 Å². The van der Waals surface area contributed by atoms with Crippen molar-refractivity contribution >= 4 is 5.90 Å². The molecule has 4 heteroatoms. The van der Waals surface area contributed by atoms with E-state index in [1.807, 2.05) is 0 Å². The van der Waals surface area contributed by atoms with Gasteiger partial charge >= 0.3 is 0 Å². The molecule has 2 aromatic carbocycles. The smallest absolute Gasteiger partial charge is 0.203 e. The number of nitrogens with zero attached hydrogens (tertiary/aromatic N) is 2. The quantitative estimate of drug-likeness (QED) is 0.738. The van der Waals surface area contributed by atoms with Gasteiger partial charge in [-0.05, 0) is 25.0 Å². The number of hydrogen-bond acceptors (Lipinski definition) is 4. The van der Waals surface area contributed by atoms with E-state index in [1.54, 1.807) is 7.11 Å². The highest BCUT2D eigenvalue weighted by molar-refractivity contribution is 5.88. The van der Waals surface area contributed by atoms with Crippen LogP contribution in [0.2, 0.25) is 0 Å². The molecule has 0 N–H and O–H groups in total. The lowest BCUT2D eigenvalue weighted by Gasteiger charge is -2.19. The second kappa shape index (κ2) is 6.86. The summed E-state index contributed by atoms with van der Waals surface area (Å²) in [7, 11) is 1.76. The summed E-state index contributed by atoms with van der Waals surface area (Å²) in [5.41, 5.74) is 2.41. The fraction of sp³-hybridized carbons (Fsp3) is 0.409. The Morgan fingerprint density at radius 3 is 2.31 bits per heavy atom. The molecule has 1 unspecified atom stereocenters. The van der Waals surface area contributed by atoms with Gasteiger partial charge in [0.05, 0.1) is 24.2 Å². The molecule has 0 spiro atoms. The van der Waals surface area contributed by atoms with Crippen molar-refractivity contribution in [2.24, 2.45) is 4.99 Å². The van der Waals surface area contributed by atoms with Gasteiger partial charge in [-0.3, -0.25) is 4.90 Å². The molecule has 0 aromatic heterocycles. The van der Waals surface area contributed by atoms with Crippen LogP contribution in [0.3, 0.4) is 0 Å². The van der Waals surface area contributed by atoms with Crippen molar-refractivity contribution in [2.45, 2.75) is 37.5 Å². The Morgan fingerprint density at radius 2 is 1.73 bits per heavy atom. The van der Waals surface area contributed by atoms with Gasteiger partial charge in [-0.15, -0.1) is 0 Å². The summed E-state index contributed by atoms with van der Waals surface area (Å²) in [6.45, 7) is 5.52. The van der Waals surface area contributed by atoms with Crippen LogP contribution in [0.25, 0.3) is 0 Å². The highest BCUT2D eigenvalue weighted by Gasteiger charge is 2.57. The van der Waals surface area contributed by atoms with Crippen molar-refractivity contribution in [1.29, 1.82) is 0 Å². The van der Waals surface area contributed by atoms with Gasteiger partial charge in [-0.25, -0.2) is 4.99 Å². The average Bonchev–Trinajstić information content (AvgIpc) is 3.29. The normalized spacial score (nSPS) is 27.5. The molecule has 4 rings (SSSR count). The van der Waals surface area contributed by atoms with E-state index in [0.29, 0.717) is 13.2 Å². The maximum absolute atomic E-state index is 6.01. The number of hydrogen-bond donors (Lipinski definition) is 0. The maximum Gasteiger partial charge on any atom is 0.203 e. The largest absolute Gasteiger partial charge is 0.477 e. The third kappa shape index (κ3) is 3.27. The Bertz CT molecular complexity index is 773. The van der Waals surface area contributed by atoms with Crippen LogP contribution in [-0.2, 0) is 9.47 Å². The predicted octanol–water partition coefficient (Wildman–Crippen LogP) is 4.01. The fourth-order valence-electron chi connectivity index (χ4n) is 3.86. The van der Waals surface area contributed by atoms with E-state index in [1.165, 1.54) is 11.1 Å². The second-order valence-corrected chi connectivity index (χ2v) is 7.68. The van der Waals surface area contributed by atoms with E-state index >= 15 is 0 Å². The highest BCUT2D eigenvalue weighted by atomic mass is 16.5. The zero-order valence-corrected chi connectivity index (χ0v) is 15.6. The fourth-order valence-corrected chi connectivity index (χ4v) is 3.86. The molecule has 4 nitrogen and oxygen atoms in total. The molecule has 2 aliphatic rings. The molecule has 2 aromatic rings. The molecular weight excluding hydrogens is 324 g/mol. The van der Waals surface area contributed by atoms with Crippen molar-refractivity contribution in [1.82, 2.24) is 4.90 Å². The van der Waals surface area contributed by atoms with Crippen LogP contribution in [0, 0.1) is 0 Å².